The third-order valence-corrected chi connectivity index (χ3v) is 2.13. The second-order valence-corrected chi connectivity index (χ2v) is 3.55. The first kappa shape index (κ1) is 10.7. The highest BCUT2D eigenvalue weighted by molar-refractivity contribution is 6.30. The van der Waals surface area contributed by atoms with E-state index >= 15 is 0 Å². The number of halogens is 1. The molecule has 0 bridgehead atoms. The van der Waals surface area contributed by atoms with Crippen molar-refractivity contribution in [2.24, 2.45) is 0 Å². The predicted molar refractivity (Wildman–Crippen MR) is 60.6 cm³/mol. The monoisotopic (exact) mass is 236 g/mol. The van der Waals surface area contributed by atoms with Gasteiger partial charge in [0.2, 0.25) is 0 Å². The second kappa shape index (κ2) is 4.81. The van der Waals surface area contributed by atoms with Gasteiger partial charge in [0.15, 0.2) is 6.73 Å². The van der Waals surface area contributed by atoms with Crippen molar-refractivity contribution in [2.45, 2.75) is 6.73 Å². The Hall–Kier alpha value is -1.81. The Kier molecular flexibility index (Phi) is 3.22. The molecule has 16 heavy (non-hydrogen) atoms. The third kappa shape index (κ3) is 2.61. The maximum absolute atomic E-state index is 11.3. The largest absolute Gasteiger partial charge is 0.473 e. The fraction of sp³-hybridized carbons (Fsp3) is 0.0909. The molecule has 2 rings (SSSR count). The summed E-state index contributed by atoms with van der Waals surface area (Å²) in [4.78, 5) is 14.9. The fourth-order valence-corrected chi connectivity index (χ4v) is 1.35. The summed E-state index contributed by atoms with van der Waals surface area (Å²) in [5.41, 5.74) is -0.389. The molecule has 2 aromatic rings. The van der Waals surface area contributed by atoms with Gasteiger partial charge in [-0.1, -0.05) is 29.8 Å². The van der Waals surface area contributed by atoms with Crippen LogP contribution < -0.4 is 10.4 Å². The van der Waals surface area contributed by atoms with Gasteiger partial charge in [-0.25, -0.2) is 4.79 Å². The zero-order valence-corrected chi connectivity index (χ0v) is 9.09. The number of ether oxygens (including phenoxy) is 1. The maximum atomic E-state index is 11.3. The summed E-state index contributed by atoms with van der Waals surface area (Å²) in [6.45, 7) is 0.0937. The molecule has 0 aliphatic heterocycles. The van der Waals surface area contributed by atoms with Crippen molar-refractivity contribution in [3.8, 4) is 5.75 Å². The van der Waals surface area contributed by atoms with E-state index < -0.39 is 0 Å². The molecule has 0 saturated carbocycles. The SMILES string of the molecule is O=c1ncc(Cl)cn1COc1ccccc1. The zero-order valence-electron chi connectivity index (χ0n) is 8.34. The van der Waals surface area contributed by atoms with Crippen LogP contribution >= 0.6 is 11.6 Å². The number of benzene rings is 1. The fourth-order valence-electron chi connectivity index (χ4n) is 1.18. The lowest BCUT2D eigenvalue weighted by Gasteiger charge is -2.07. The standard InChI is InChI=1S/C11H9ClN2O2/c12-9-6-13-11(15)14(7-9)8-16-10-4-2-1-3-5-10/h1-7H,8H2. The van der Waals surface area contributed by atoms with Crippen LogP contribution in [-0.2, 0) is 6.73 Å². The number of hydrogen-bond acceptors (Lipinski definition) is 3. The molecule has 0 fully saturated rings. The highest BCUT2D eigenvalue weighted by atomic mass is 35.5. The average Bonchev–Trinajstić information content (AvgIpc) is 2.32. The summed E-state index contributed by atoms with van der Waals surface area (Å²) in [6, 6.07) is 9.22. The number of aromatic nitrogens is 2. The van der Waals surface area contributed by atoms with E-state index in [0.717, 1.165) is 0 Å². The lowest BCUT2D eigenvalue weighted by atomic mass is 10.3. The van der Waals surface area contributed by atoms with Crippen molar-refractivity contribution in [1.29, 1.82) is 0 Å². The van der Waals surface area contributed by atoms with Gasteiger partial charge in [0, 0.05) is 6.20 Å². The average molecular weight is 237 g/mol. The van der Waals surface area contributed by atoms with Crippen LogP contribution in [0.1, 0.15) is 0 Å². The van der Waals surface area contributed by atoms with Crippen LogP contribution in [0, 0.1) is 0 Å². The summed E-state index contributed by atoms with van der Waals surface area (Å²) >= 11 is 5.72. The van der Waals surface area contributed by atoms with Crippen molar-refractivity contribution in [3.63, 3.8) is 0 Å². The summed E-state index contributed by atoms with van der Waals surface area (Å²) < 4.78 is 6.69. The van der Waals surface area contributed by atoms with Crippen molar-refractivity contribution < 1.29 is 4.74 Å². The van der Waals surface area contributed by atoms with Crippen molar-refractivity contribution in [1.82, 2.24) is 9.55 Å². The Bertz CT molecular complexity index is 525. The van der Waals surface area contributed by atoms with Gasteiger partial charge in [-0.3, -0.25) is 4.57 Å². The molecule has 1 aromatic heterocycles. The number of hydrogen-bond donors (Lipinski definition) is 0. The lowest BCUT2D eigenvalue weighted by molar-refractivity contribution is 0.230. The number of para-hydroxylation sites is 1. The van der Waals surface area contributed by atoms with E-state index in [2.05, 4.69) is 4.98 Å². The second-order valence-electron chi connectivity index (χ2n) is 3.11. The molecule has 5 heteroatoms. The van der Waals surface area contributed by atoms with E-state index in [1.165, 1.54) is 17.0 Å². The Labute approximate surface area is 97.1 Å². The molecule has 4 nitrogen and oxygen atoms in total. The Morgan fingerprint density at radius 3 is 2.81 bits per heavy atom. The van der Waals surface area contributed by atoms with Gasteiger partial charge in [-0.2, -0.15) is 4.98 Å². The van der Waals surface area contributed by atoms with Crippen LogP contribution in [0.5, 0.6) is 5.75 Å². The van der Waals surface area contributed by atoms with Crippen molar-refractivity contribution in [3.05, 3.63) is 58.2 Å². The molecule has 1 aromatic carbocycles. The molecular formula is C11H9ClN2O2. The summed E-state index contributed by atoms with van der Waals surface area (Å²) in [7, 11) is 0. The first-order chi connectivity index (χ1) is 7.75. The zero-order chi connectivity index (χ0) is 11.4. The molecule has 0 amide bonds. The molecule has 0 atom stereocenters. The van der Waals surface area contributed by atoms with E-state index in [4.69, 9.17) is 16.3 Å². The van der Waals surface area contributed by atoms with Crippen LogP contribution in [0.3, 0.4) is 0 Å². The van der Waals surface area contributed by atoms with Crippen LogP contribution in [0.2, 0.25) is 5.02 Å². The van der Waals surface area contributed by atoms with Gasteiger partial charge in [-0.05, 0) is 12.1 Å². The molecule has 82 valence electrons. The molecule has 0 saturated heterocycles. The molecule has 0 radical (unpaired) electrons. The highest BCUT2D eigenvalue weighted by Gasteiger charge is 1.98. The summed E-state index contributed by atoms with van der Waals surface area (Å²) in [5, 5.41) is 0.399. The number of nitrogens with zero attached hydrogens (tertiary/aromatic N) is 2. The van der Waals surface area contributed by atoms with Crippen molar-refractivity contribution in [2.75, 3.05) is 0 Å². The minimum absolute atomic E-state index is 0.0937. The van der Waals surface area contributed by atoms with E-state index in [9.17, 15) is 4.79 Å². The lowest BCUT2D eigenvalue weighted by Crippen LogP contribution is -2.24. The maximum Gasteiger partial charge on any atom is 0.350 e. The Morgan fingerprint density at radius 2 is 2.06 bits per heavy atom. The minimum atomic E-state index is -0.389. The molecule has 1 heterocycles. The van der Waals surface area contributed by atoms with Crippen LogP contribution in [0.4, 0.5) is 0 Å². The van der Waals surface area contributed by atoms with Crippen molar-refractivity contribution >= 4 is 11.6 Å². The van der Waals surface area contributed by atoms with Gasteiger partial charge < -0.3 is 4.74 Å². The molecule has 0 spiro atoms. The Balaban J connectivity index is 2.11. The summed E-state index contributed by atoms with van der Waals surface area (Å²) in [6.07, 6.45) is 2.79. The van der Waals surface area contributed by atoms with E-state index in [-0.39, 0.29) is 12.4 Å². The van der Waals surface area contributed by atoms with E-state index in [1.54, 1.807) is 0 Å². The molecule has 0 aliphatic carbocycles. The smallest absolute Gasteiger partial charge is 0.350 e. The van der Waals surface area contributed by atoms with E-state index in [1.807, 2.05) is 30.3 Å². The van der Waals surface area contributed by atoms with Gasteiger partial charge in [0.25, 0.3) is 0 Å². The molecule has 0 unspecified atom stereocenters. The van der Waals surface area contributed by atoms with Crippen LogP contribution in [-0.4, -0.2) is 9.55 Å². The molecular weight excluding hydrogens is 228 g/mol. The van der Waals surface area contributed by atoms with Gasteiger partial charge in [0.1, 0.15) is 5.75 Å². The normalized spacial score (nSPS) is 10.1. The van der Waals surface area contributed by atoms with Crippen LogP contribution in [0.25, 0.3) is 0 Å². The molecule has 0 aliphatic rings. The predicted octanol–water partition coefficient (Wildman–Crippen LogP) is 1.93. The first-order valence-corrected chi connectivity index (χ1v) is 5.03. The Morgan fingerprint density at radius 1 is 1.31 bits per heavy atom. The molecule has 0 N–H and O–H groups in total. The third-order valence-electron chi connectivity index (χ3n) is 1.94. The van der Waals surface area contributed by atoms with Gasteiger partial charge in [-0.15, -0.1) is 0 Å². The minimum Gasteiger partial charge on any atom is -0.473 e. The highest BCUT2D eigenvalue weighted by Crippen LogP contribution is 2.09. The topological polar surface area (TPSA) is 44.1 Å². The van der Waals surface area contributed by atoms with Gasteiger partial charge >= 0.3 is 5.69 Å². The first-order valence-electron chi connectivity index (χ1n) is 4.65. The quantitative estimate of drug-likeness (QED) is 0.818. The van der Waals surface area contributed by atoms with E-state index in [0.29, 0.717) is 10.8 Å². The number of rotatable bonds is 3. The van der Waals surface area contributed by atoms with Crippen LogP contribution in [0.15, 0.2) is 47.5 Å². The summed E-state index contributed by atoms with van der Waals surface area (Å²) in [5.74, 6) is 0.689. The van der Waals surface area contributed by atoms with Gasteiger partial charge in [0.05, 0.1) is 11.2 Å².